The summed E-state index contributed by atoms with van der Waals surface area (Å²) in [5, 5.41) is 11.9. The lowest BCUT2D eigenvalue weighted by Crippen LogP contribution is -2.27. The van der Waals surface area contributed by atoms with Crippen LogP contribution in [0.2, 0.25) is 0 Å². The Bertz CT molecular complexity index is 525. The van der Waals surface area contributed by atoms with Crippen LogP contribution < -0.4 is 5.32 Å². The molecule has 0 spiro atoms. The summed E-state index contributed by atoms with van der Waals surface area (Å²) < 4.78 is 22.9. The Hall–Kier alpha value is -1.56. The molecule has 5 nitrogen and oxygen atoms in total. The summed E-state index contributed by atoms with van der Waals surface area (Å²) in [5.74, 6) is -0.972. The van der Waals surface area contributed by atoms with Gasteiger partial charge in [-0.05, 0) is 19.1 Å². The maximum atomic E-state index is 11.5. The van der Waals surface area contributed by atoms with E-state index < -0.39 is 15.8 Å². The molecule has 6 heteroatoms. The van der Waals surface area contributed by atoms with Crippen LogP contribution in [-0.2, 0) is 9.84 Å². The van der Waals surface area contributed by atoms with E-state index in [-0.39, 0.29) is 23.1 Å². The molecule has 0 aliphatic carbocycles. The molecule has 0 aromatic heterocycles. The molecule has 1 unspecified atom stereocenters. The van der Waals surface area contributed by atoms with Crippen LogP contribution in [0.25, 0.3) is 0 Å². The van der Waals surface area contributed by atoms with E-state index >= 15 is 0 Å². The number of aromatic carboxylic acids is 1. The molecule has 1 rings (SSSR count). The third-order valence-electron chi connectivity index (χ3n) is 2.50. The van der Waals surface area contributed by atoms with Gasteiger partial charge in [-0.3, -0.25) is 0 Å². The van der Waals surface area contributed by atoms with Crippen LogP contribution in [0, 0.1) is 0 Å². The molecule has 1 aromatic rings. The lowest BCUT2D eigenvalue weighted by atomic mass is 10.1. The molecule has 0 aliphatic rings. The Labute approximate surface area is 107 Å². The number of carboxylic acid groups (broad SMARTS) is 1. The fourth-order valence-corrected chi connectivity index (χ4v) is 2.68. The number of carboxylic acids is 1. The molecule has 100 valence electrons. The number of sulfone groups is 1. The second-order valence-corrected chi connectivity index (χ2v) is 6.49. The van der Waals surface area contributed by atoms with Crippen LogP contribution in [0.4, 0.5) is 5.69 Å². The molecule has 2 N–H and O–H groups in total. The van der Waals surface area contributed by atoms with Crippen LogP contribution in [0.3, 0.4) is 0 Å². The molecule has 0 saturated carbocycles. The lowest BCUT2D eigenvalue weighted by Gasteiger charge is -2.16. The van der Waals surface area contributed by atoms with Crippen molar-refractivity contribution in [2.45, 2.75) is 19.9 Å². The number of para-hydroxylation sites is 1. The van der Waals surface area contributed by atoms with E-state index in [2.05, 4.69) is 5.32 Å². The van der Waals surface area contributed by atoms with Gasteiger partial charge in [0.1, 0.15) is 0 Å². The number of hydrogen-bond donors (Lipinski definition) is 2. The summed E-state index contributed by atoms with van der Waals surface area (Å²) in [7, 11) is -3.08. The lowest BCUT2D eigenvalue weighted by molar-refractivity contribution is 0.0698. The van der Waals surface area contributed by atoms with Crippen molar-refractivity contribution in [3.63, 3.8) is 0 Å². The minimum atomic E-state index is -3.08. The predicted octanol–water partition coefficient (Wildman–Crippen LogP) is 1.62. The number of rotatable bonds is 6. The van der Waals surface area contributed by atoms with E-state index in [1.54, 1.807) is 32.0 Å². The van der Waals surface area contributed by atoms with Crippen molar-refractivity contribution in [3.8, 4) is 0 Å². The fraction of sp³-hybridized carbons (Fsp3) is 0.417. The standard InChI is InChI=1S/C12H17NO4S/c1-3-18(16,17)8-9(2)13-11-7-5-4-6-10(11)12(14)15/h4-7,9,13H,3,8H2,1-2H3,(H,14,15). The number of benzene rings is 1. The van der Waals surface area contributed by atoms with Crippen LogP contribution in [0.15, 0.2) is 24.3 Å². The summed E-state index contributed by atoms with van der Waals surface area (Å²) in [6, 6.07) is 6.10. The third kappa shape index (κ3) is 4.03. The van der Waals surface area contributed by atoms with Crippen molar-refractivity contribution in [3.05, 3.63) is 29.8 Å². The second kappa shape index (κ2) is 5.86. The largest absolute Gasteiger partial charge is 0.478 e. The molecule has 0 radical (unpaired) electrons. The molecular weight excluding hydrogens is 254 g/mol. The van der Waals surface area contributed by atoms with E-state index in [0.717, 1.165) is 0 Å². The van der Waals surface area contributed by atoms with Crippen molar-refractivity contribution in [1.29, 1.82) is 0 Å². The molecule has 0 bridgehead atoms. The average molecular weight is 271 g/mol. The molecule has 0 aliphatic heterocycles. The summed E-state index contributed by atoms with van der Waals surface area (Å²) in [5.41, 5.74) is 0.571. The van der Waals surface area contributed by atoms with Crippen LogP contribution >= 0.6 is 0 Å². The Balaban J connectivity index is 2.82. The molecule has 0 fully saturated rings. The summed E-state index contributed by atoms with van der Waals surface area (Å²) in [6.07, 6.45) is 0. The van der Waals surface area contributed by atoms with Gasteiger partial charge in [-0.15, -0.1) is 0 Å². The summed E-state index contributed by atoms with van der Waals surface area (Å²) in [6.45, 7) is 3.30. The molecular formula is C12H17NO4S. The SMILES string of the molecule is CCS(=O)(=O)CC(C)Nc1ccccc1C(=O)O. The van der Waals surface area contributed by atoms with Crippen molar-refractivity contribution >= 4 is 21.5 Å². The normalized spacial score (nSPS) is 13.0. The highest BCUT2D eigenvalue weighted by Crippen LogP contribution is 2.16. The highest BCUT2D eigenvalue weighted by atomic mass is 32.2. The maximum Gasteiger partial charge on any atom is 0.337 e. The van der Waals surface area contributed by atoms with Gasteiger partial charge in [0.15, 0.2) is 9.84 Å². The van der Waals surface area contributed by atoms with Gasteiger partial charge in [0.25, 0.3) is 0 Å². The number of nitrogens with one attached hydrogen (secondary N) is 1. The zero-order chi connectivity index (χ0) is 13.8. The first kappa shape index (κ1) is 14.5. The molecule has 0 amide bonds. The molecule has 18 heavy (non-hydrogen) atoms. The second-order valence-electron chi connectivity index (χ2n) is 4.10. The van der Waals surface area contributed by atoms with Gasteiger partial charge in [-0.25, -0.2) is 13.2 Å². The van der Waals surface area contributed by atoms with Gasteiger partial charge in [0.05, 0.1) is 11.3 Å². The molecule has 0 saturated heterocycles. The Kier molecular flexibility index (Phi) is 4.72. The van der Waals surface area contributed by atoms with Crippen LogP contribution in [-0.4, -0.2) is 37.0 Å². The van der Waals surface area contributed by atoms with Gasteiger partial charge >= 0.3 is 5.97 Å². The molecule has 1 aromatic carbocycles. The van der Waals surface area contributed by atoms with Crippen molar-refractivity contribution in [2.24, 2.45) is 0 Å². The van der Waals surface area contributed by atoms with Gasteiger partial charge in [0, 0.05) is 17.5 Å². The first-order valence-electron chi connectivity index (χ1n) is 5.65. The first-order valence-corrected chi connectivity index (χ1v) is 7.47. The Morgan fingerprint density at radius 2 is 2.00 bits per heavy atom. The van der Waals surface area contributed by atoms with Crippen molar-refractivity contribution < 1.29 is 18.3 Å². The zero-order valence-electron chi connectivity index (χ0n) is 10.4. The highest BCUT2D eigenvalue weighted by Gasteiger charge is 2.16. The van der Waals surface area contributed by atoms with Crippen LogP contribution in [0.5, 0.6) is 0 Å². The van der Waals surface area contributed by atoms with Crippen molar-refractivity contribution in [1.82, 2.24) is 0 Å². The summed E-state index contributed by atoms with van der Waals surface area (Å²) in [4.78, 5) is 11.0. The van der Waals surface area contributed by atoms with Gasteiger partial charge in [0.2, 0.25) is 0 Å². The minimum Gasteiger partial charge on any atom is -0.478 e. The summed E-state index contributed by atoms with van der Waals surface area (Å²) >= 11 is 0. The number of hydrogen-bond acceptors (Lipinski definition) is 4. The minimum absolute atomic E-state index is 0.0164. The predicted molar refractivity (Wildman–Crippen MR) is 70.8 cm³/mol. The quantitative estimate of drug-likeness (QED) is 0.821. The first-order chi connectivity index (χ1) is 8.35. The molecule has 1 atom stereocenters. The molecule has 0 heterocycles. The van der Waals surface area contributed by atoms with E-state index in [0.29, 0.717) is 5.69 Å². The Morgan fingerprint density at radius 1 is 1.39 bits per heavy atom. The van der Waals surface area contributed by atoms with Gasteiger partial charge in [-0.2, -0.15) is 0 Å². The monoisotopic (exact) mass is 271 g/mol. The number of anilines is 1. The highest BCUT2D eigenvalue weighted by molar-refractivity contribution is 7.91. The number of carbonyl (C=O) groups is 1. The third-order valence-corrected chi connectivity index (χ3v) is 4.39. The fourth-order valence-electron chi connectivity index (χ4n) is 1.60. The van der Waals surface area contributed by atoms with Gasteiger partial charge in [-0.1, -0.05) is 19.1 Å². The average Bonchev–Trinajstić information content (AvgIpc) is 2.28. The van der Waals surface area contributed by atoms with Crippen molar-refractivity contribution in [2.75, 3.05) is 16.8 Å². The van der Waals surface area contributed by atoms with E-state index in [4.69, 9.17) is 5.11 Å². The maximum absolute atomic E-state index is 11.5. The Morgan fingerprint density at radius 3 is 2.56 bits per heavy atom. The van der Waals surface area contributed by atoms with Gasteiger partial charge < -0.3 is 10.4 Å². The smallest absolute Gasteiger partial charge is 0.337 e. The zero-order valence-corrected chi connectivity index (χ0v) is 11.2. The van der Waals surface area contributed by atoms with E-state index in [9.17, 15) is 13.2 Å². The van der Waals surface area contributed by atoms with Crippen LogP contribution in [0.1, 0.15) is 24.2 Å². The van der Waals surface area contributed by atoms with E-state index in [1.165, 1.54) is 6.07 Å². The van der Waals surface area contributed by atoms with E-state index in [1.807, 2.05) is 0 Å². The topological polar surface area (TPSA) is 83.5 Å².